The molecule has 0 spiro atoms. The third-order valence-corrected chi connectivity index (χ3v) is 4.18. The van der Waals surface area contributed by atoms with Gasteiger partial charge in [-0.1, -0.05) is 32.9 Å². The molecule has 0 aliphatic heterocycles. The largest absolute Gasteiger partial charge is 0.497 e. The van der Waals surface area contributed by atoms with Gasteiger partial charge in [0.2, 0.25) is 5.91 Å². The van der Waals surface area contributed by atoms with Crippen LogP contribution >= 0.6 is 0 Å². The number of rotatable bonds is 8. The van der Waals surface area contributed by atoms with E-state index in [2.05, 4.69) is 31.4 Å². The highest BCUT2D eigenvalue weighted by molar-refractivity contribution is 5.96. The van der Waals surface area contributed by atoms with E-state index in [-0.39, 0.29) is 23.8 Å². The third kappa shape index (κ3) is 6.61. The van der Waals surface area contributed by atoms with Crippen molar-refractivity contribution in [3.63, 3.8) is 0 Å². The van der Waals surface area contributed by atoms with Gasteiger partial charge in [-0.2, -0.15) is 0 Å². The highest BCUT2D eigenvalue weighted by Gasteiger charge is 2.13. The molecule has 0 aliphatic carbocycles. The van der Waals surface area contributed by atoms with Gasteiger partial charge in [-0.15, -0.1) is 0 Å². The van der Waals surface area contributed by atoms with Gasteiger partial charge in [-0.25, -0.2) is 0 Å². The first-order valence-electron chi connectivity index (χ1n) is 9.22. The minimum atomic E-state index is -0.312. The Bertz CT molecular complexity index is 778. The molecule has 0 unspecified atom stereocenters. The van der Waals surface area contributed by atoms with Crippen LogP contribution in [0.15, 0.2) is 48.5 Å². The number of methoxy groups -OCH3 is 1. The van der Waals surface area contributed by atoms with Gasteiger partial charge in [0.05, 0.1) is 20.2 Å². The van der Waals surface area contributed by atoms with Crippen molar-refractivity contribution in [3.8, 4) is 11.5 Å². The van der Waals surface area contributed by atoms with E-state index in [1.165, 1.54) is 5.56 Å². The lowest BCUT2D eigenvalue weighted by Crippen LogP contribution is -2.38. The lowest BCUT2D eigenvalue weighted by atomic mass is 9.87. The van der Waals surface area contributed by atoms with Crippen molar-refractivity contribution >= 4 is 11.8 Å². The number of carbonyl (C=O) groups is 2. The monoisotopic (exact) mass is 384 g/mol. The van der Waals surface area contributed by atoms with Crippen LogP contribution in [0.1, 0.15) is 36.7 Å². The molecule has 0 aliphatic rings. The SMILES string of the molecule is COc1ccc(C(=O)NCC(=O)NCCOc2ccc(C(C)(C)C)cc2)cc1. The highest BCUT2D eigenvalue weighted by atomic mass is 16.5. The molecule has 0 atom stereocenters. The maximum atomic E-state index is 12.0. The first kappa shape index (κ1) is 21.3. The van der Waals surface area contributed by atoms with Crippen molar-refractivity contribution in [1.29, 1.82) is 0 Å². The van der Waals surface area contributed by atoms with Gasteiger partial charge >= 0.3 is 0 Å². The molecule has 6 heteroatoms. The molecule has 6 nitrogen and oxygen atoms in total. The van der Waals surface area contributed by atoms with E-state index in [9.17, 15) is 9.59 Å². The summed E-state index contributed by atoms with van der Waals surface area (Å²) < 4.78 is 10.7. The van der Waals surface area contributed by atoms with Crippen LogP contribution in [0, 0.1) is 0 Å². The first-order valence-corrected chi connectivity index (χ1v) is 9.22. The van der Waals surface area contributed by atoms with E-state index < -0.39 is 0 Å². The zero-order valence-electron chi connectivity index (χ0n) is 16.9. The van der Waals surface area contributed by atoms with Crippen LogP contribution in [0.5, 0.6) is 11.5 Å². The molecule has 0 bridgehead atoms. The predicted octanol–water partition coefficient (Wildman–Crippen LogP) is 2.92. The number of amides is 2. The maximum Gasteiger partial charge on any atom is 0.251 e. The van der Waals surface area contributed by atoms with Crippen molar-refractivity contribution in [1.82, 2.24) is 10.6 Å². The molecule has 0 saturated carbocycles. The maximum absolute atomic E-state index is 12.0. The van der Waals surface area contributed by atoms with E-state index >= 15 is 0 Å². The van der Waals surface area contributed by atoms with Crippen molar-refractivity contribution < 1.29 is 19.1 Å². The van der Waals surface area contributed by atoms with Crippen LogP contribution in [0.25, 0.3) is 0 Å². The van der Waals surface area contributed by atoms with Gasteiger partial charge in [0.15, 0.2) is 0 Å². The van der Waals surface area contributed by atoms with E-state index in [1.54, 1.807) is 31.4 Å². The summed E-state index contributed by atoms with van der Waals surface area (Å²) in [6, 6.07) is 14.6. The number of ether oxygens (including phenoxy) is 2. The molecule has 2 aromatic carbocycles. The molecule has 28 heavy (non-hydrogen) atoms. The first-order chi connectivity index (χ1) is 13.3. The van der Waals surface area contributed by atoms with Crippen LogP contribution in [0.3, 0.4) is 0 Å². The van der Waals surface area contributed by atoms with Crippen LogP contribution in [-0.4, -0.2) is 38.6 Å². The summed E-state index contributed by atoms with van der Waals surface area (Å²) in [5, 5.41) is 5.30. The second kappa shape index (κ2) is 9.78. The number of hydrogen-bond acceptors (Lipinski definition) is 4. The molecular formula is C22H28N2O4. The standard InChI is InChI=1S/C22H28N2O4/c1-22(2,3)17-7-11-19(12-8-17)28-14-13-23-20(25)15-24-21(26)16-5-9-18(27-4)10-6-16/h5-12H,13-15H2,1-4H3,(H,23,25)(H,24,26). The summed E-state index contributed by atoms with van der Waals surface area (Å²) in [7, 11) is 1.56. The van der Waals surface area contributed by atoms with Crippen molar-refractivity contribution in [2.24, 2.45) is 0 Å². The lowest BCUT2D eigenvalue weighted by Gasteiger charge is -2.19. The van der Waals surface area contributed by atoms with Gasteiger partial charge in [-0.05, 0) is 47.4 Å². The van der Waals surface area contributed by atoms with Crippen molar-refractivity contribution in [2.45, 2.75) is 26.2 Å². The van der Waals surface area contributed by atoms with E-state index in [0.717, 1.165) is 5.75 Å². The Kier molecular flexibility index (Phi) is 7.44. The average Bonchev–Trinajstić information content (AvgIpc) is 2.69. The van der Waals surface area contributed by atoms with Gasteiger partial charge in [0.1, 0.15) is 18.1 Å². The Balaban J connectivity index is 1.66. The number of carbonyl (C=O) groups excluding carboxylic acids is 2. The molecule has 2 amide bonds. The smallest absolute Gasteiger partial charge is 0.251 e. The summed E-state index contributed by atoms with van der Waals surface area (Å²) in [6.45, 7) is 7.10. The zero-order valence-corrected chi connectivity index (χ0v) is 16.9. The summed E-state index contributed by atoms with van der Waals surface area (Å²) >= 11 is 0. The Labute approximate surface area is 166 Å². The fourth-order valence-electron chi connectivity index (χ4n) is 2.48. The Morgan fingerprint density at radius 2 is 1.50 bits per heavy atom. The summed E-state index contributed by atoms with van der Waals surface area (Å²) in [6.07, 6.45) is 0. The van der Waals surface area contributed by atoms with Gasteiger partial charge in [0.25, 0.3) is 5.91 Å². The summed E-state index contributed by atoms with van der Waals surface area (Å²) in [4.78, 5) is 23.8. The molecule has 2 N–H and O–H groups in total. The normalized spacial score (nSPS) is 10.9. The molecular weight excluding hydrogens is 356 g/mol. The van der Waals surface area contributed by atoms with E-state index in [4.69, 9.17) is 9.47 Å². The minimum absolute atomic E-state index is 0.0921. The molecule has 0 saturated heterocycles. The summed E-state index contributed by atoms with van der Waals surface area (Å²) in [5.74, 6) is 0.846. The quantitative estimate of drug-likeness (QED) is 0.686. The fourth-order valence-corrected chi connectivity index (χ4v) is 2.48. The van der Waals surface area contributed by atoms with E-state index in [1.807, 2.05) is 24.3 Å². The Hall–Kier alpha value is -3.02. The second-order valence-corrected chi connectivity index (χ2v) is 7.38. The molecule has 0 fully saturated rings. The van der Waals surface area contributed by atoms with Crippen molar-refractivity contribution in [3.05, 3.63) is 59.7 Å². The molecule has 2 aromatic rings. The minimum Gasteiger partial charge on any atom is -0.497 e. The van der Waals surface area contributed by atoms with Gasteiger partial charge < -0.3 is 20.1 Å². The fraction of sp³-hybridized carbons (Fsp3) is 0.364. The highest BCUT2D eigenvalue weighted by Crippen LogP contribution is 2.24. The number of hydrogen-bond donors (Lipinski definition) is 2. The Morgan fingerprint density at radius 3 is 2.07 bits per heavy atom. The molecule has 0 radical (unpaired) electrons. The van der Waals surface area contributed by atoms with Gasteiger partial charge in [0, 0.05) is 5.56 Å². The average molecular weight is 384 g/mol. The topological polar surface area (TPSA) is 76.7 Å². The third-order valence-electron chi connectivity index (χ3n) is 4.18. The van der Waals surface area contributed by atoms with E-state index in [0.29, 0.717) is 24.5 Å². The molecule has 0 aromatic heterocycles. The summed E-state index contributed by atoms with van der Waals surface area (Å²) in [5.41, 5.74) is 1.80. The van der Waals surface area contributed by atoms with Crippen molar-refractivity contribution in [2.75, 3.05) is 26.8 Å². The second-order valence-electron chi connectivity index (χ2n) is 7.38. The van der Waals surface area contributed by atoms with Crippen LogP contribution < -0.4 is 20.1 Å². The van der Waals surface area contributed by atoms with Crippen LogP contribution in [0.4, 0.5) is 0 Å². The molecule has 150 valence electrons. The molecule has 2 rings (SSSR count). The zero-order chi connectivity index (χ0) is 20.6. The number of nitrogens with one attached hydrogen (secondary N) is 2. The molecule has 0 heterocycles. The van der Waals surface area contributed by atoms with Gasteiger partial charge in [-0.3, -0.25) is 9.59 Å². The lowest BCUT2D eigenvalue weighted by molar-refractivity contribution is -0.120. The Morgan fingerprint density at radius 1 is 0.893 bits per heavy atom. The van der Waals surface area contributed by atoms with Crippen LogP contribution in [-0.2, 0) is 10.2 Å². The van der Waals surface area contributed by atoms with Crippen LogP contribution in [0.2, 0.25) is 0 Å². The number of benzene rings is 2. The predicted molar refractivity (Wildman–Crippen MR) is 109 cm³/mol.